The quantitative estimate of drug-likeness (QED) is 0.371. The van der Waals surface area contributed by atoms with Crippen molar-refractivity contribution in [1.82, 2.24) is 9.47 Å². The molecular weight excluding hydrogens is 492 g/mol. The molecule has 2 bridgehead atoms. The van der Waals surface area contributed by atoms with Crippen LogP contribution < -0.4 is 11.0 Å². The molecule has 0 amide bonds. The van der Waals surface area contributed by atoms with E-state index in [0.717, 1.165) is 35.7 Å². The number of pyridine rings is 1. The van der Waals surface area contributed by atoms with Crippen molar-refractivity contribution in [3.63, 3.8) is 0 Å². The minimum Gasteiger partial charge on any atom is -0.502 e. The maximum Gasteiger partial charge on any atom is 0.306 e. The predicted molar refractivity (Wildman–Crippen MR) is 140 cm³/mol. The molecule has 3 aromatic rings. The first-order valence-electron chi connectivity index (χ1n) is 12.3. The van der Waals surface area contributed by atoms with Gasteiger partial charge >= 0.3 is 5.97 Å². The average molecular weight is 523 g/mol. The van der Waals surface area contributed by atoms with Crippen LogP contribution in [0.5, 0.6) is 5.75 Å². The summed E-state index contributed by atoms with van der Waals surface area (Å²) in [4.78, 5) is 40.7. The first-order chi connectivity index (χ1) is 17.9. The van der Waals surface area contributed by atoms with Gasteiger partial charge in [0.05, 0.1) is 26.0 Å². The van der Waals surface area contributed by atoms with Crippen molar-refractivity contribution in [3.05, 3.63) is 91.9 Å². The molecule has 0 radical (unpaired) electrons. The third-order valence-corrected chi connectivity index (χ3v) is 8.11. The maximum atomic E-state index is 12.8. The number of likely N-dealkylation sites (tertiary alicyclic amines) is 1. The van der Waals surface area contributed by atoms with Crippen LogP contribution in [0.15, 0.2) is 67.4 Å². The van der Waals surface area contributed by atoms with Crippen LogP contribution >= 0.6 is 11.8 Å². The number of ether oxygens (including phenoxy) is 1. The lowest BCUT2D eigenvalue weighted by Crippen LogP contribution is -2.46. The maximum absolute atomic E-state index is 12.8. The Balaban J connectivity index is 1.44. The molecule has 37 heavy (non-hydrogen) atoms. The molecule has 9 heteroatoms. The van der Waals surface area contributed by atoms with Gasteiger partial charge < -0.3 is 18.8 Å². The molecule has 0 aliphatic carbocycles. The fourth-order valence-corrected chi connectivity index (χ4v) is 6.07. The van der Waals surface area contributed by atoms with Crippen LogP contribution in [0.1, 0.15) is 47.5 Å². The number of carbonyl (C=O) groups is 1. The number of methoxy groups -OCH3 is 1. The Morgan fingerprint density at radius 1 is 1.16 bits per heavy atom. The third-order valence-electron chi connectivity index (χ3n) is 7.37. The molecule has 194 valence electrons. The second-order valence-electron chi connectivity index (χ2n) is 9.79. The highest BCUT2D eigenvalue weighted by atomic mass is 32.2. The van der Waals surface area contributed by atoms with Crippen molar-refractivity contribution >= 4 is 17.7 Å². The average Bonchev–Trinajstić information content (AvgIpc) is 2.90. The number of piperidine rings is 1. The minimum absolute atomic E-state index is 0.0389. The number of fused-ring (bicyclic) bond motifs is 4. The van der Waals surface area contributed by atoms with E-state index in [2.05, 4.69) is 4.90 Å². The molecule has 0 spiro atoms. The predicted octanol–water partition coefficient (Wildman–Crippen LogP) is 3.54. The highest BCUT2D eigenvalue weighted by Crippen LogP contribution is 2.37. The molecule has 1 saturated heterocycles. The van der Waals surface area contributed by atoms with Crippen LogP contribution in [-0.2, 0) is 22.6 Å². The van der Waals surface area contributed by atoms with E-state index < -0.39 is 23.1 Å². The Labute approximate surface area is 218 Å². The molecule has 2 aliphatic heterocycles. The number of aromatic hydroxyl groups is 1. The van der Waals surface area contributed by atoms with E-state index >= 15 is 0 Å². The standard InChI is InChI=1S/C28H30N2O6S/c1-35-26(33)12-22(18-6-8-21(37-2)9-7-18)28-27(34)24(31)11-20(36-28)16-29-13-17-10-19(15-29)23-4-3-5-25(32)30(23)14-17/h3-9,11,17,19,22,34H,10,12-16H2,1-2H3/t17-,19+,22-/m0/s1. The van der Waals surface area contributed by atoms with Gasteiger partial charge in [0.25, 0.3) is 5.56 Å². The Bertz CT molecular complexity index is 1410. The number of thioether (sulfide) groups is 1. The molecule has 5 rings (SSSR count). The summed E-state index contributed by atoms with van der Waals surface area (Å²) in [5.74, 6) is -0.573. The zero-order chi connectivity index (χ0) is 26.1. The van der Waals surface area contributed by atoms with Gasteiger partial charge in [-0.1, -0.05) is 18.2 Å². The SMILES string of the molecule is COC(=O)C[C@@H](c1ccc(SC)cc1)c1oc(CN2C[C@@H]3C[C@H](C2)c2cccc(=O)n2C3)cc(=O)c1O. The van der Waals surface area contributed by atoms with Gasteiger partial charge in [-0.05, 0) is 42.4 Å². The number of esters is 1. The van der Waals surface area contributed by atoms with Crippen LogP contribution in [0.3, 0.4) is 0 Å². The van der Waals surface area contributed by atoms with Gasteiger partial charge in [-0.2, -0.15) is 0 Å². The molecule has 0 unspecified atom stereocenters. The third kappa shape index (κ3) is 5.24. The largest absolute Gasteiger partial charge is 0.502 e. The number of hydrogen-bond acceptors (Lipinski definition) is 8. The topological polar surface area (TPSA) is 102 Å². The fourth-order valence-electron chi connectivity index (χ4n) is 5.66. The van der Waals surface area contributed by atoms with Crippen molar-refractivity contribution in [3.8, 4) is 5.75 Å². The molecule has 2 aromatic heterocycles. The van der Waals surface area contributed by atoms with E-state index in [1.54, 1.807) is 17.8 Å². The Kier molecular flexibility index (Phi) is 7.26. The summed E-state index contributed by atoms with van der Waals surface area (Å²) >= 11 is 1.60. The first kappa shape index (κ1) is 25.4. The van der Waals surface area contributed by atoms with Crippen molar-refractivity contribution in [2.75, 3.05) is 26.5 Å². The van der Waals surface area contributed by atoms with E-state index in [9.17, 15) is 19.5 Å². The molecule has 8 nitrogen and oxygen atoms in total. The lowest BCUT2D eigenvalue weighted by molar-refractivity contribution is -0.140. The van der Waals surface area contributed by atoms with Gasteiger partial charge in [0.2, 0.25) is 11.2 Å². The summed E-state index contributed by atoms with van der Waals surface area (Å²) in [5.41, 5.74) is 1.29. The van der Waals surface area contributed by atoms with Crippen molar-refractivity contribution in [2.45, 2.75) is 42.7 Å². The lowest BCUT2D eigenvalue weighted by Gasteiger charge is -2.42. The number of hydrogen-bond donors (Lipinski definition) is 1. The summed E-state index contributed by atoms with van der Waals surface area (Å²) in [5, 5.41) is 10.7. The number of carbonyl (C=O) groups excluding carboxylic acids is 1. The van der Waals surface area contributed by atoms with Gasteiger partial charge in [-0.15, -0.1) is 11.8 Å². The lowest BCUT2D eigenvalue weighted by atomic mass is 9.83. The summed E-state index contributed by atoms with van der Waals surface area (Å²) in [6.45, 7) is 2.59. The number of benzene rings is 1. The Morgan fingerprint density at radius 2 is 1.95 bits per heavy atom. The summed E-state index contributed by atoms with van der Waals surface area (Å²) in [6.07, 6.45) is 2.92. The molecule has 1 aromatic carbocycles. The number of nitrogens with zero attached hydrogens (tertiary/aromatic N) is 2. The summed E-state index contributed by atoms with van der Waals surface area (Å²) in [7, 11) is 1.31. The van der Waals surface area contributed by atoms with Crippen molar-refractivity contribution in [1.29, 1.82) is 0 Å². The van der Waals surface area contributed by atoms with Crippen molar-refractivity contribution in [2.24, 2.45) is 5.92 Å². The second kappa shape index (κ2) is 10.6. The second-order valence-corrected chi connectivity index (χ2v) is 10.7. The van der Waals surface area contributed by atoms with E-state index in [1.165, 1.54) is 13.2 Å². The van der Waals surface area contributed by atoms with Crippen LogP contribution in [0, 0.1) is 5.92 Å². The molecule has 1 fully saturated rings. The van der Waals surface area contributed by atoms with Crippen LogP contribution in [-0.4, -0.2) is 47.0 Å². The van der Waals surface area contributed by atoms with E-state index in [4.69, 9.17) is 9.15 Å². The van der Waals surface area contributed by atoms with E-state index in [-0.39, 0.29) is 23.7 Å². The molecular formula is C28H30N2O6S. The number of rotatable bonds is 7. The smallest absolute Gasteiger partial charge is 0.306 e. The molecule has 0 saturated carbocycles. The van der Waals surface area contributed by atoms with E-state index in [1.807, 2.05) is 47.2 Å². The summed E-state index contributed by atoms with van der Waals surface area (Å²) in [6, 6.07) is 14.4. The molecule has 4 heterocycles. The van der Waals surface area contributed by atoms with Crippen LogP contribution in [0.25, 0.3) is 0 Å². The first-order valence-corrected chi connectivity index (χ1v) is 13.6. The van der Waals surface area contributed by atoms with Crippen LogP contribution in [0.4, 0.5) is 0 Å². The molecule has 2 aliphatic rings. The van der Waals surface area contributed by atoms with Crippen molar-refractivity contribution < 1.29 is 19.1 Å². The molecule has 1 N–H and O–H groups in total. The van der Waals surface area contributed by atoms with Gasteiger partial charge in [0, 0.05) is 48.3 Å². The zero-order valence-corrected chi connectivity index (χ0v) is 21.7. The van der Waals surface area contributed by atoms with E-state index in [0.29, 0.717) is 24.8 Å². The normalized spacial score (nSPS) is 19.7. The highest BCUT2D eigenvalue weighted by molar-refractivity contribution is 7.98. The molecule has 3 atom stereocenters. The fraction of sp³-hybridized carbons (Fsp3) is 0.393. The van der Waals surface area contributed by atoms with Crippen LogP contribution in [0.2, 0.25) is 0 Å². The Morgan fingerprint density at radius 3 is 2.68 bits per heavy atom. The van der Waals surface area contributed by atoms with Gasteiger partial charge in [0.15, 0.2) is 5.76 Å². The highest BCUT2D eigenvalue weighted by Gasteiger charge is 2.35. The monoisotopic (exact) mass is 522 g/mol. The van der Waals surface area contributed by atoms with Gasteiger partial charge in [-0.3, -0.25) is 19.3 Å². The van der Waals surface area contributed by atoms with Gasteiger partial charge in [-0.25, -0.2) is 0 Å². The minimum atomic E-state index is -0.671. The zero-order valence-electron chi connectivity index (χ0n) is 20.9. The van der Waals surface area contributed by atoms with Gasteiger partial charge in [0.1, 0.15) is 5.76 Å². The number of aromatic nitrogens is 1. The Hall–Kier alpha value is -3.30. The summed E-state index contributed by atoms with van der Waals surface area (Å²) < 4.78 is 12.9.